The number of anilines is 1. The van der Waals surface area contributed by atoms with Crippen molar-refractivity contribution < 1.29 is 14.3 Å². The van der Waals surface area contributed by atoms with Crippen LogP contribution < -0.4 is 15.0 Å². The van der Waals surface area contributed by atoms with Crippen molar-refractivity contribution in [2.75, 3.05) is 12.6 Å². The third-order valence-corrected chi connectivity index (χ3v) is 3.73. The molecular formula is C20H16ClN3O3. The number of pyridine rings is 1. The van der Waals surface area contributed by atoms with E-state index in [0.717, 1.165) is 5.56 Å². The minimum absolute atomic E-state index is 0.375. The van der Waals surface area contributed by atoms with Gasteiger partial charge in [-0.25, -0.2) is 4.98 Å². The SMILES string of the molecule is CONc1cnc(OCc2ccccc2)cc1Oc1cc(Cl)cc(C#N)c1. The van der Waals surface area contributed by atoms with Crippen LogP contribution in [0.3, 0.4) is 0 Å². The van der Waals surface area contributed by atoms with Crippen LogP contribution in [0.5, 0.6) is 17.4 Å². The highest BCUT2D eigenvalue weighted by Crippen LogP contribution is 2.33. The molecule has 1 heterocycles. The molecule has 136 valence electrons. The summed E-state index contributed by atoms with van der Waals surface area (Å²) in [4.78, 5) is 9.20. The first kappa shape index (κ1) is 18.5. The standard InChI is InChI=1S/C20H16ClN3O3/c1-25-24-18-12-23-20(26-13-14-5-3-2-4-6-14)10-19(18)27-17-8-15(11-22)7-16(21)9-17/h2-10,12,24H,13H2,1H3. The summed E-state index contributed by atoms with van der Waals surface area (Å²) in [6, 6.07) is 18.2. The van der Waals surface area contributed by atoms with Gasteiger partial charge in [-0.05, 0) is 23.8 Å². The quantitative estimate of drug-likeness (QED) is 0.583. The Morgan fingerprint density at radius 2 is 1.96 bits per heavy atom. The lowest BCUT2D eigenvalue weighted by Gasteiger charge is -2.13. The lowest BCUT2D eigenvalue weighted by atomic mass is 10.2. The molecule has 0 aliphatic rings. The van der Waals surface area contributed by atoms with Gasteiger partial charge in [0, 0.05) is 11.1 Å². The predicted octanol–water partition coefficient (Wildman–Crippen LogP) is 4.95. The molecule has 0 bridgehead atoms. The summed E-state index contributed by atoms with van der Waals surface area (Å²) in [5.74, 6) is 1.22. The molecule has 0 radical (unpaired) electrons. The van der Waals surface area contributed by atoms with E-state index in [2.05, 4.69) is 10.5 Å². The molecule has 7 heteroatoms. The Hall–Kier alpha value is -3.27. The summed E-state index contributed by atoms with van der Waals surface area (Å²) in [6.07, 6.45) is 1.54. The van der Waals surface area contributed by atoms with Gasteiger partial charge in [-0.2, -0.15) is 5.26 Å². The zero-order valence-corrected chi connectivity index (χ0v) is 15.2. The van der Waals surface area contributed by atoms with Gasteiger partial charge in [-0.3, -0.25) is 10.3 Å². The van der Waals surface area contributed by atoms with E-state index in [0.29, 0.717) is 40.3 Å². The van der Waals surface area contributed by atoms with E-state index < -0.39 is 0 Å². The molecule has 0 saturated carbocycles. The zero-order chi connectivity index (χ0) is 19.1. The van der Waals surface area contributed by atoms with Crippen molar-refractivity contribution in [2.24, 2.45) is 0 Å². The molecule has 0 fully saturated rings. The molecule has 0 aliphatic carbocycles. The zero-order valence-electron chi connectivity index (χ0n) is 14.5. The van der Waals surface area contributed by atoms with E-state index in [1.54, 1.807) is 24.3 Å². The Morgan fingerprint density at radius 3 is 2.70 bits per heavy atom. The predicted molar refractivity (Wildman–Crippen MR) is 102 cm³/mol. The van der Waals surface area contributed by atoms with Gasteiger partial charge in [0.2, 0.25) is 5.88 Å². The number of hydrogen-bond acceptors (Lipinski definition) is 6. The molecule has 1 aromatic heterocycles. The van der Waals surface area contributed by atoms with Gasteiger partial charge in [-0.15, -0.1) is 0 Å². The Labute approximate surface area is 161 Å². The maximum absolute atomic E-state index is 9.09. The molecule has 0 amide bonds. The lowest BCUT2D eigenvalue weighted by Crippen LogP contribution is -2.02. The molecule has 0 unspecified atom stereocenters. The Kier molecular flexibility index (Phi) is 6.10. The average molecular weight is 382 g/mol. The molecule has 27 heavy (non-hydrogen) atoms. The Morgan fingerprint density at radius 1 is 1.15 bits per heavy atom. The minimum atomic E-state index is 0.375. The van der Waals surface area contributed by atoms with Gasteiger partial charge in [0.15, 0.2) is 5.75 Å². The van der Waals surface area contributed by atoms with Gasteiger partial charge in [-0.1, -0.05) is 41.9 Å². The third-order valence-electron chi connectivity index (χ3n) is 3.51. The molecule has 6 nitrogen and oxygen atoms in total. The van der Waals surface area contributed by atoms with Crippen LogP contribution in [0, 0.1) is 11.3 Å². The smallest absolute Gasteiger partial charge is 0.217 e. The highest BCUT2D eigenvalue weighted by Gasteiger charge is 2.11. The number of aromatic nitrogens is 1. The Balaban J connectivity index is 1.83. The average Bonchev–Trinajstić information content (AvgIpc) is 2.68. The lowest BCUT2D eigenvalue weighted by molar-refractivity contribution is 0.267. The molecule has 3 rings (SSSR count). The maximum atomic E-state index is 9.09. The summed E-state index contributed by atoms with van der Waals surface area (Å²) >= 11 is 6.04. The van der Waals surface area contributed by atoms with E-state index in [-0.39, 0.29) is 0 Å². The van der Waals surface area contributed by atoms with Crippen LogP contribution in [0.2, 0.25) is 5.02 Å². The number of nitrogens with one attached hydrogen (secondary N) is 1. The number of rotatable bonds is 7. The summed E-state index contributed by atoms with van der Waals surface area (Å²) in [7, 11) is 1.48. The van der Waals surface area contributed by atoms with Gasteiger partial charge in [0.1, 0.15) is 18.0 Å². The summed E-state index contributed by atoms with van der Waals surface area (Å²) in [6.45, 7) is 0.375. The van der Waals surface area contributed by atoms with Gasteiger partial charge >= 0.3 is 0 Å². The van der Waals surface area contributed by atoms with E-state index in [1.165, 1.54) is 13.3 Å². The fourth-order valence-corrected chi connectivity index (χ4v) is 2.54. The molecule has 2 aromatic carbocycles. The van der Waals surface area contributed by atoms with Gasteiger partial charge in [0.05, 0.1) is 24.9 Å². The monoisotopic (exact) mass is 381 g/mol. The third kappa shape index (κ3) is 5.11. The number of nitrogens with zero attached hydrogens (tertiary/aromatic N) is 2. The largest absolute Gasteiger partial charge is 0.473 e. The number of nitriles is 1. The van der Waals surface area contributed by atoms with Crippen LogP contribution in [0.1, 0.15) is 11.1 Å². The maximum Gasteiger partial charge on any atom is 0.217 e. The van der Waals surface area contributed by atoms with Crippen molar-refractivity contribution in [1.29, 1.82) is 5.26 Å². The van der Waals surface area contributed by atoms with Crippen molar-refractivity contribution >= 4 is 17.3 Å². The number of halogens is 1. The van der Waals surface area contributed by atoms with E-state index in [1.807, 2.05) is 36.4 Å². The Bertz CT molecular complexity index is 958. The second-order valence-electron chi connectivity index (χ2n) is 5.49. The van der Waals surface area contributed by atoms with Crippen LogP contribution in [0.15, 0.2) is 60.8 Å². The van der Waals surface area contributed by atoms with E-state index in [4.69, 9.17) is 31.2 Å². The first-order chi connectivity index (χ1) is 13.2. The molecule has 0 saturated heterocycles. The first-order valence-electron chi connectivity index (χ1n) is 8.02. The van der Waals surface area contributed by atoms with Crippen LogP contribution >= 0.6 is 11.6 Å². The topological polar surface area (TPSA) is 76.4 Å². The minimum Gasteiger partial charge on any atom is -0.473 e. The number of hydrogen-bond donors (Lipinski definition) is 1. The van der Waals surface area contributed by atoms with Crippen molar-refractivity contribution in [3.8, 4) is 23.4 Å². The van der Waals surface area contributed by atoms with Crippen molar-refractivity contribution in [2.45, 2.75) is 6.61 Å². The van der Waals surface area contributed by atoms with E-state index >= 15 is 0 Å². The summed E-state index contributed by atoms with van der Waals surface area (Å²) < 4.78 is 11.6. The highest BCUT2D eigenvalue weighted by molar-refractivity contribution is 6.30. The van der Waals surface area contributed by atoms with Crippen molar-refractivity contribution in [3.63, 3.8) is 0 Å². The molecule has 0 atom stereocenters. The molecular weight excluding hydrogens is 366 g/mol. The van der Waals surface area contributed by atoms with E-state index in [9.17, 15) is 0 Å². The van der Waals surface area contributed by atoms with Gasteiger partial charge < -0.3 is 9.47 Å². The molecule has 3 aromatic rings. The number of ether oxygens (including phenoxy) is 2. The molecule has 1 N–H and O–H groups in total. The first-order valence-corrected chi connectivity index (χ1v) is 8.40. The van der Waals surface area contributed by atoms with Crippen LogP contribution in [-0.4, -0.2) is 12.1 Å². The second kappa shape index (κ2) is 8.90. The summed E-state index contributed by atoms with van der Waals surface area (Å²) in [5, 5.41) is 9.49. The molecule has 0 spiro atoms. The number of benzene rings is 2. The summed E-state index contributed by atoms with van der Waals surface area (Å²) in [5.41, 5.74) is 4.62. The van der Waals surface area contributed by atoms with Crippen molar-refractivity contribution in [3.05, 3.63) is 76.9 Å². The van der Waals surface area contributed by atoms with Crippen LogP contribution in [0.25, 0.3) is 0 Å². The highest BCUT2D eigenvalue weighted by atomic mass is 35.5. The second-order valence-corrected chi connectivity index (χ2v) is 5.93. The molecule has 0 aliphatic heterocycles. The normalized spacial score (nSPS) is 10.1. The van der Waals surface area contributed by atoms with Crippen LogP contribution in [-0.2, 0) is 11.4 Å². The van der Waals surface area contributed by atoms with Crippen molar-refractivity contribution in [1.82, 2.24) is 4.98 Å². The fraction of sp³-hybridized carbons (Fsp3) is 0.100. The van der Waals surface area contributed by atoms with Gasteiger partial charge in [0.25, 0.3) is 0 Å². The fourth-order valence-electron chi connectivity index (χ4n) is 2.31. The van der Waals surface area contributed by atoms with Crippen LogP contribution in [0.4, 0.5) is 5.69 Å².